The first-order valence-corrected chi connectivity index (χ1v) is 23.7. The van der Waals surface area contributed by atoms with Crippen LogP contribution in [0.3, 0.4) is 0 Å². The predicted octanol–water partition coefficient (Wildman–Crippen LogP) is 7.13. The Morgan fingerprint density at radius 1 is 0.702 bits per heavy atom. The summed E-state index contributed by atoms with van der Waals surface area (Å²) in [6, 6.07) is -1.12. The van der Waals surface area contributed by atoms with E-state index in [0.717, 1.165) is 64.2 Å². The molecule has 1 saturated heterocycles. The van der Waals surface area contributed by atoms with Crippen LogP contribution < -0.4 is 5.32 Å². The molecule has 0 saturated carbocycles. The van der Waals surface area contributed by atoms with Crippen molar-refractivity contribution >= 4 is 16.3 Å². The second-order valence-electron chi connectivity index (χ2n) is 15.8. The van der Waals surface area contributed by atoms with E-state index >= 15 is 0 Å². The number of carbonyl (C=O) groups excluding carboxylic acids is 1. The summed E-state index contributed by atoms with van der Waals surface area (Å²) in [6.07, 6.45) is 25.6. The average molecular weight is 836 g/mol. The van der Waals surface area contributed by atoms with Crippen LogP contribution in [0.15, 0.2) is 24.3 Å². The maximum Gasteiger partial charge on any atom is 0.397 e. The molecule has 14 heteroatoms. The zero-order chi connectivity index (χ0) is 42.2. The minimum absolute atomic E-state index is 0.237. The molecule has 1 heterocycles. The van der Waals surface area contributed by atoms with Crippen molar-refractivity contribution in [1.82, 2.24) is 5.32 Å². The summed E-state index contributed by atoms with van der Waals surface area (Å²) in [4.78, 5) is 13.1. The van der Waals surface area contributed by atoms with Gasteiger partial charge in [-0.3, -0.25) is 9.35 Å². The fourth-order valence-electron chi connectivity index (χ4n) is 6.98. The van der Waals surface area contributed by atoms with Gasteiger partial charge in [0.2, 0.25) is 5.91 Å². The van der Waals surface area contributed by atoms with Crippen molar-refractivity contribution in [3.8, 4) is 0 Å². The first kappa shape index (κ1) is 53.6. The molecular formula is C43H81NO12S. The number of hydrogen-bond acceptors (Lipinski definition) is 11. The molecule has 13 nitrogen and oxygen atoms in total. The number of rotatable bonds is 37. The van der Waals surface area contributed by atoms with Crippen LogP contribution in [-0.2, 0) is 28.9 Å². The van der Waals surface area contributed by atoms with Gasteiger partial charge in [0, 0.05) is 0 Å². The number of aliphatic hydroxyl groups is 5. The molecule has 1 fully saturated rings. The number of amides is 1. The summed E-state index contributed by atoms with van der Waals surface area (Å²) in [5.74, 6) is -0.709. The second kappa shape index (κ2) is 34.3. The zero-order valence-corrected chi connectivity index (χ0v) is 36.1. The monoisotopic (exact) mass is 836 g/mol. The smallest absolute Gasteiger partial charge is 0.394 e. The fraction of sp³-hybridized carbons (Fsp3) is 0.884. The molecule has 0 aliphatic carbocycles. The van der Waals surface area contributed by atoms with E-state index in [2.05, 4.69) is 35.5 Å². The molecule has 0 aromatic rings. The van der Waals surface area contributed by atoms with Crippen LogP contribution in [-0.4, -0.2) is 107 Å². The van der Waals surface area contributed by atoms with Crippen LogP contribution in [0.5, 0.6) is 0 Å². The lowest BCUT2D eigenvalue weighted by Gasteiger charge is -2.41. The molecular weight excluding hydrogens is 755 g/mol. The van der Waals surface area contributed by atoms with Crippen molar-refractivity contribution in [1.29, 1.82) is 0 Å². The van der Waals surface area contributed by atoms with Gasteiger partial charge < -0.3 is 40.3 Å². The van der Waals surface area contributed by atoms with Crippen molar-refractivity contribution in [2.75, 3.05) is 13.2 Å². The highest BCUT2D eigenvalue weighted by atomic mass is 32.3. The summed E-state index contributed by atoms with van der Waals surface area (Å²) in [5.41, 5.74) is 0. The Labute approximate surface area is 345 Å². The maximum atomic E-state index is 13.1. The number of carbonyl (C=O) groups is 1. The number of ether oxygens (including phenoxy) is 2. The van der Waals surface area contributed by atoms with Gasteiger partial charge in [-0.05, 0) is 44.9 Å². The number of nitrogens with one attached hydrogen (secondary N) is 1. The van der Waals surface area contributed by atoms with Crippen molar-refractivity contribution in [3.05, 3.63) is 24.3 Å². The van der Waals surface area contributed by atoms with Gasteiger partial charge in [-0.15, -0.1) is 0 Å². The molecule has 1 amide bonds. The molecule has 1 aliphatic heterocycles. The quantitative estimate of drug-likeness (QED) is 0.0189. The molecule has 1 rings (SSSR count). The minimum Gasteiger partial charge on any atom is -0.394 e. The highest BCUT2D eigenvalue weighted by molar-refractivity contribution is 7.80. The predicted molar refractivity (Wildman–Crippen MR) is 224 cm³/mol. The third-order valence-electron chi connectivity index (χ3n) is 10.6. The molecule has 8 atom stereocenters. The van der Waals surface area contributed by atoms with Crippen LogP contribution in [0.1, 0.15) is 181 Å². The highest BCUT2D eigenvalue weighted by Crippen LogP contribution is 2.26. The zero-order valence-electron chi connectivity index (χ0n) is 35.3. The molecule has 0 bridgehead atoms. The third kappa shape index (κ3) is 27.1. The first-order valence-electron chi connectivity index (χ1n) is 22.3. The summed E-state index contributed by atoms with van der Waals surface area (Å²) in [5, 5.41) is 55.0. The van der Waals surface area contributed by atoms with Crippen molar-refractivity contribution < 1.29 is 57.0 Å². The summed E-state index contributed by atoms with van der Waals surface area (Å²) < 4.78 is 47.4. The molecule has 7 N–H and O–H groups in total. The lowest BCUT2D eigenvalue weighted by atomic mass is 9.99. The number of unbranched alkanes of at least 4 members (excludes halogenated alkanes) is 22. The van der Waals surface area contributed by atoms with E-state index in [1.807, 2.05) is 6.08 Å². The van der Waals surface area contributed by atoms with Gasteiger partial charge >= 0.3 is 10.4 Å². The van der Waals surface area contributed by atoms with Crippen LogP contribution in [0, 0.1) is 0 Å². The van der Waals surface area contributed by atoms with E-state index in [4.69, 9.17) is 14.0 Å². The van der Waals surface area contributed by atoms with Crippen molar-refractivity contribution in [2.45, 2.75) is 230 Å². The Hall–Kier alpha value is -1.46. The van der Waals surface area contributed by atoms with E-state index in [1.165, 1.54) is 89.5 Å². The van der Waals surface area contributed by atoms with Gasteiger partial charge in [-0.25, -0.2) is 4.18 Å². The van der Waals surface area contributed by atoms with Crippen LogP contribution in [0.2, 0.25) is 0 Å². The van der Waals surface area contributed by atoms with E-state index < -0.39 is 78.5 Å². The maximum absolute atomic E-state index is 13.1. The molecule has 0 radical (unpaired) electrons. The van der Waals surface area contributed by atoms with Crippen molar-refractivity contribution in [2.24, 2.45) is 0 Å². The Morgan fingerprint density at radius 3 is 1.63 bits per heavy atom. The third-order valence-corrected chi connectivity index (χ3v) is 11.0. The molecule has 0 aromatic heterocycles. The van der Waals surface area contributed by atoms with Crippen LogP contribution >= 0.6 is 0 Å². The topological polar surface area (TPSA) is 212 Å². The molecule has 0 spiro atoms. The van der Waals surface area contributed by atoms with Crippen molar-refractivity contribution in [3.63, 3.8) is 0 Å². The van der Waals surface area contributed by atoms with E-state index in [-0.39, 0.29) is 6.42 Å². The summed E-state index contributed by atoms with van der Waals surface area (Å²) in [7, 11) is -5.11. The lowest BCUT2D eigenvalue weighted by molar-refractivity contribution is -0.298. The Kier molecular flexibility index (Phi) is 32.2. The first-order chi connectivity index (χ1) is 27.4. The number of aliphatic hydroxyl groups excluding tert-OH is 5. The Balaban J connectivity index is 2.56. The van der Waals surface area contributed by atoms with Gasteiger partial charge in [-0.2, -0.15) is 8.42 Å². The lowest BCUT2D eigenvalue weighted by Crippen LogP contribution is -2.61. The SMILES string of the molecule is CCCCCCCCCC/C=C\CCCCCCCCC(O)C(=O)NC(COC1OC(CO)C(O)C(OS(=O)(=O)O)C1O)C(O)/C=C/CCCCCCCCCC. The normalized spacial score (nSPS) is 22.0. The second-order valence-corrected chi connectivity index (χ2v) is 16.8. The minimum atomic E-state index is -5.11. The molecule has 336 valence electrons. The van der Waals surface area contributed by atoms with E-state index in [1.54, 1.807) is 0 Å². The van der Waals surface area contributed by atoms with Crippen LogP contribution in [0.25, 0.3) is 0 Å². The Morgan fingerprint density at radius 2 is 1.16 bits per heavy atom. The fourth-order valence-corrected chi connectivity index (χ4v) is 7.49. The largest absolute Gasteiger partial charge is 0.397 e. The highest BCUT2D eigenvalue weighted by Gasteiger charge is 2.48. The average Bonchev–Trinajstić information content (AvgIpc) is 3.18. The van der Waals surface area contributed by atoms with Gasteiger partial charge in [0.25, 0.3) is 0 Å². The Bertz CT molecular complexity index is 1140. The van der Waals surface area contributed by atoms with Gasteiger partial charge in [0.15, 0.2) is 6.29 Å². The number of allylic oxidation sites excluding steroid dienone is 3. The molecule has 57 heavy (non-hydrogen) atoms. The molecule has 8 unspecified atom stereocenters. The number of hydrogen-bond donors (Lipinski definition) is 7. The molecule has 1 aliphatic rings. The van der Waals surface area contributed by atoms with Gasteiger partial charge in [0.05, 0.1) is 25.4 Å². The van der Waals surface area contributed by atoms with E-state index in [9.17, 15) is 38.7 Å². The summed E-state index contributed by atoms with van der Waals surface area (Å²) >= 11 is 0. The van der Waals surface area contributed by atoms with Crippen LogP contribution in [0.4, 0.5) is 0 Å². The summed E-state index contributed by atoms with van der Waals surface area (Å²) in [6.45, 7) is 3.17. The standard InChI is InChI=1S/C43H81NO12S/c1-3-5-7-9-11-13-15-16-17-18-19-20-21-22-24-26-28-30-32-37(47)42(50)44-35(36(46)31-29-27-25-23-14-12-10-8-6-4-2)34-54-43-40(49)41(56-57(51,52)53)39(48)38(33-45)55-43/h18-19,29,31,35-41,43,45-49H,3-17,20-28,30,32-34H2,1-2H3,(H,44,50)(H,51,52,53)/b19-18-,31-29+. The molecule has 0 aromatic carbocycles. The van der Waals surface area contributed by atoms with Gasteiger partial charge in [0.1, 0.15) is 30.5 Å². The van der Waals surface area contributed by atoms with Gasteiger partial charge in [-0.1, -0.05) is 160 Å². The van der Waals surface area contributed by atoms with E-state index in [0.29, 0.717) is 12.8 Å².